The van der Waals surface area contributed by atoms with Crippen molar-refractivity contribution in [3.8, 4) is 17.5 Å². The zero-order chi connectivity index (χ0) is 17.6. The van der Waals surface area contributed by atoms with Gasteiger partial charge in [0.2, 0.25) is 11.7 Å². The van der Waals surface area contributed by atoms with Crippen LogP contribution in [-0.2, 0) is 0 Å². The van der Waals surface area contributed by atoms with Crippen LogP contribution in [0.4, 0.5) is 0 Å². The Bertz CT molecular complexity index is 912. The van der Waals surface area contributed by atoms with E-state index in [1.165, 1.54) is 0 Å². The van der Waals surface area contributed by atoms with E-state index >= 15 is 0 Å². The maximum atomic E-state index is 12.2. The smallest absolute Gasteiger partial charge is 0.251 e. The summed E-state index contributed by atoms with van der Waals surface area (Å²) >= 11 is 0. The number of benzene rings is 2. The molecule has 6 heteroatoms. The second kappa shape index (κ2) is 7.41. The predicted octanol–water partition coefficient (Wildman–Crippen LogP) is 3.14. The van der Waals surface area contributed by atoms with Crippen molar-refractivity contribution < 1.29 is 9.32 Å². The van der Waals surface area contributed by atoms with Crippen molar-refractivity contribution in [2.45, 2.75) is 12.8 Å². The number of carbonyl (C=O) groups excluding carboxylic acids is 1. The molecule has 25 heavy (non-hydrogen) atoms. The molecule has 1 atom stereocenters. The molecule has 1 heterocycles. The molecule has 0 bridgehead atoms. The Morgan fingerprint density at radius 3 is 2.80 bits per heavy atom. The molecule has 1 unspecified atom stereocenters. The number of nitrogens with zero attached hydrogens (tertiary/aromatic N) is 3. The Kier molecular flexibility index (Phi) is 4.86. The third kappa shape index (κ3) is 3.90. The molecule has 0 saturated heterocycles. The summed E-state index contributed by atoms with van der Waals surface area (Å²) in [5.41, 5.74) is 1.77. The molecule has 0 aliphatic heterocycles. The van der Waals surface area contributed by atoms with E-state index in [0.29, 0.717) is 29.4 Å². The van der Waals surface area contributed by atoms with Gasteiger partial charge in [0.1, 0.15) is 0 Å². The number of rotatable bonds is 5. The maximum absolute atomic E-state index is 12.2. The van der Waals surface area contributed by atoms with E-state index in [0.717, 1.165) is 5.56 Å². The van der Waals surface area contributed by atoms with E-state index in [2.05, 4.69) is 15.5 Å². The molecular weight excluding hydrogens is 316 g/mol. The lowest BCUT2D eigenvalue weighted by atomic mass is 10.1. The number of nitrogens with one attached hydrogen (secondary N) is 1. The maximum Gasteiger partial charge on any atom is 0.251 e. The molecule has 3 rings (SSSR count). The van der Waals surface area contributed by atoms with Gasteiger partial charge in [-0.1, -0.05) is 48.5 Å². The number of nitriles is 1. The number of hydrogen-bond acceptors (Lipinski definition) is 5. The summed E-state index contributed by atoms with van der Waals surface area (Å²) in [5, 5.41) is 15.7. The molecule has 6 nitrogen and oxygen atoms in total. The zero-order valence-electron chi connectivity index (χ0n) is 13.6. The van der Waals surface area contributed by atoms with Gasteiger partial charge < -0.3 is 9.84 Å². The van der Waals surface area contributed by atoms with Crippen molar-refractivity contribution in [1.29, 1.82) is 5.26 Å². The van der Waals surface area contributed by atoms with Gasteiger partial charge in [-0.2, -0.15) is 10.2 Å². The van der Waals surface area contributed by atoms with Gasteiger partial charge in [0.15, 0.2) is 0 Å². The van der Waals surface area contributed by atoms with Gasteiger partial charge in [-0.15, -0.1) is 0 Å². The minimum Gasteiger partial charge on any atom is -0.351 e. The first-order valence-electron chi connectivity index (χ1n) is 7.85. The van der Waals surface area contributed by atoms with Crippen LogP contribution in [0.25, 0.3) is 11.4 Å². The number of aromatic nitrogens is 2. The molecule has 0 aliphatic carbocycles. The van der Waals surface area contributed by atoms with Crippen LogP contribution >= 0.6 is 0 Å². The minimum absolute atomic E-state index is 0.131. The van der Waals surface area contributed by atoms with E-state index < -0.39 is 0 Å². The Morgan fingerprint density at radius 1 is 1.24 bits per heavy atom. The van der Waals surface area contributed by atoms with Crippen molar-refractivity contribution in [1.82, 2.24) is 15.5 Å². The first kappa shape index (κ1) is 16.4. The summed E-state index contributed by atoms with van der Waals surface area (Å²) < 4.78 is 5.30. The molecule has 1 aromatic heterocycles. The monoisotopic (exact) mass is 332 g/mol. The Balaban J connectivity index is 1.63. The zero-order valence-corrected chi connectivity index (χ0v) is 13.6. The van der Waals surface area contributed by atoms with Gasteiger partial charge in [-0.25, -0.2) is 0 Å². The molecule has 0 radical (unpaired) electrons. The minimum atomic E-state index is -0.244. The third-order valence-corrected chi connectivity index (χ3v) is 3.72. The predicted molar refractivity (Wildman–Crippen MR) is 91.6 cm³/mol. The van der Waals surface area contributed by atoms with Gasteiger partial charge in [0.25, 0.3) is 5.91 Å². The summed E-state index contributed by atoms with van der Waals surface area (Å²) in [5.74, 6) is 0.611. The molecule has 0 saturated carbocycles. The summed E-state index contributed by atoms with van der Waals surface area (Å²) in [7, 11) is 0. The van der Waals surface area contributed by atoms with E-state index in [1.807, 2.05) is 43.3 Å². The van der Waals surface area contributed by atoms with Crippen molar-refractivity contribution in [3.05, 3.63) is 71.6 Å². The number of carbonyl (C=O) groups is 1. The van der Waals surface area contributed by atoms with Gasteiger partial charge in [0.05, 0.1) is 17.6 Å². The van der Waals surface area contributed by atoms with E-state index in [1.54, 1.807) is 24.3 Å². The molecule has 0 aliphatic rings. The second-order valence-electron chi connectivity index (χ2n) is 5.63. The highest BCUT2D eigenvalue weighted by Gasteiger charge is 2.16. The lowest BCUT2D eigenvalue weighted by molar-refractivity contribution is 0.0950. The Morgan fingerprint density at radius 2 is 2.04 bits per heavy atom. The van der Waals surface area contributed by atoms with Crippen LogP contribution in [-0.4, -0.2) is 22.6 Å². The standard InChI is InChI=1S/C19H16N4O2/c1-13(12-21-18(24)16-9-5-6-14(10-16)11-20)19-22-17(23-25-19)15-7-3-2-4-8-15/h2-10,13H,12H2,1H3,(H,21,24). The molecule has 0 fully saturated rings. The van der Waals surface area contributed by atoms with Crippen LogP contribution in [0.1, 0.15) is 34.7 Å². The van der Waals surface area contributed by atoms with E-state index in [-0.39, 0.29) is 11.8 Å². The Hall–Kier alpha value is -3.46. The summed E-state index contributed by atoms with van der Waals surface area (Å²) in [6.07, 6.45) is 0. The van der Waals surface area contributed by atoms with Gasteiger partial charge in [0, 0.05) is 17.7 Å². The lowest BCUT2D eigenvalue weighted by Gasteiger charge is -2.08. The highest BCUT2D eigenvalue weighted by Crippen LogP contribution is 2.19. The highest BCUT2D eigenvalue weighted by molar-refractivity contribution is 5.94. The normalized spacial score (nSPS) is 11.5. The van der Waals surface area contributed by atoms with Crippen molar-refractivity contribution >= 4 is 5.91 Å². The fraction of sp³-hybridized carbons (Fsp3) is 0.158. The highest BCUT2D eigenvalue weighted by atomic mass is 16.5. The third-order valence-electron chi connectivity index (χ3n) is 3.72. The molecule has 124 valence electrons. The quantitative estimate of drug-likeness (QED) is 0.775. The SMILES string of the molecule is CC(CNC(=O)c1cccc(C#N)c1)c1nc(-c2ccccc2)no1. The van der Waals surface area contributed by atoms with Gasteiger partial charge >= 0.3 is 0 Å². The molecule has 0 spiro atoms. The first-order chi connectivity index (χ1) is 12.2. The van der Waals surface area contributed by atoms with E-state index in [9.17, 15) is 4.79 Å². The Labute approximate surface area is 145 Å². The molecule has 2 aromatic carbocycles. The second-order valence-corrected chi connectivity index (χ2v) is 5.63. The average molecular weight is 332 g/mol. The van der Waals surface area contributed by atoms with Crippen molar-refractivity contribution in [2.24, 2.45) is 0 Å². The molecule has 3 aromatic rings. The first-order valence-corrected chi connectivity index (χ1v) is 7.85. The lowest BCUT2D eigenvalue weighted by Crippen LogP contribution is -2.27. The van der Waals surface area contributed by atoms with E-state index in [4.69, 9.17) is 9.78 Å². The van der Waals surface area contributed by atoms with Crippen molar-refractivity contribution in [2.75, 3.05) is 6.54 Å². The van der Waals surface area contributed by atoms with Crippen LogP contribution in [0.2, 0.25) is 0 Å². The summed E-state index contributed by atoms with van der Waals surface area (Å²) in [6, 6.07) is 18.1. The molecule has 1 N–H and O–H groups in total. The number of amides is 1. The van der Waals surface area contributed by atoms with Crippen LogP contribution < -0.4 is 5.32 Å². The van der Waals surface area contributed by atoms with Crippen LogP contribution in [0.15, 0.2) is 59.1 Å². The largest absolute Gasteiger partial charge is 0.351 e. The van der Waals surface area contributed by atoms with Crippen LogP contribution in [0.3, 0.4) is 0 Å². The van der Waals surface area contributed by atoms with Gasteiger partial charge in [-0.3, -0.25) is 4.79 Å². The summed E-state index contributed by atoms with van der Waals surface area (Å²) in [6.45, 7) is 2.25. The average Bonchev–Trinajstić information content (AvgIpc) is 3.17. The number of hydrogen-bond donors (Lipinski definition) is 1. The van der Waals surface area contributed by atoms with Crippen molar-refractivity contribution in [3.63, 3.8) is 0 Å². The summed E-state index contributed by atoms with van der Waals surface area (Å²) in [4.78, 5) is 16.6. The topological polar surface area (TPSA) is 91.8 Å². The molecular formula is C19H16N4O2. The fourth-order valence-corrected chi connectivity index (χ4v) is 2.30. The fourth-order valence-electron chi connectivity index (χ4n) is 2.30. The molecule has 1 amide bonds. The van der Waals surface area contributed by atoms with Gasteiger partial charge in [-0.05, 0) is 18.2 Å². The van der Waals surface area contributed by atoms with Crippen LogP contribution in [0.5, 0.6) is 0 Å². The van der Waals surface area contributed by atoms with Crippen LogP contribution in [0, 0.1) is 11.3 Å².